The van der Waals surface area contributed by atoms with E-state index in [1.807, 2.05) is 6.07 Å². The number of carbonyl (C=O) groups excluding carboxylic acids is 1. The van der Waals surface area contributed by atoms with Gasteiger partial charge >= 0.3 is 0 Å². The molecule has 0 bridgehead atoms. The smallest absolute Gasteiger partial charge is 0.222 e. The molecular weight excluding hydrogens is 372 g/mol. The standard InChI is InChI=1S/C25H34N4O/c1-28(22-13-6-3-7-14-22)16-9-15-24(30)29-17-8-12-21(19-29)25-23(18-26-27-25)20-10-4-2-5-11-20/h2-7,10-11,13-14,21,23,25-27H,8-9,12,15-19H2,1H3. The molecule has 0 aliphatic carbocycles. The average molecular weight is 407 g/mol. The van der Waals surface area contributed by atoms with Crippen LogP contribution in [0.3, 0.4) is 0 Å². The molecule has 4 rings (SSSR count). The zero-order chi connectivity index (χ0) is 20.8. The summed E-state index contributed by atoms with van der Waals surface area (Å²) in [5.74, 6) is 1.27. The van der Waals surface area contributed by atoms with Gasteiger partial charge in [0.25, 0.3) is 0 Å². The second-order valence-electron chi connectivity index (χ2n) is 8.67. The lowest BCUT2D eigenvalue weighted by atomic mass is 9.81. The number of likely N-dealkylation sites (tertiary alicyclic amines) is 1. The summed E-state index contributed by atoms with van der Waals surface area (Å²) in [5, 5.41) is 0. The summed E-state index contributed by atoms with van der Waals surface area (Å²) in [6.45, 7) is 3.62. The van der Waals surface area contributed by atoms with Crippen molar-refractivity contribution >= 4 is 11.6 Å². The van der Waals surface area contributed by atoms with Crippen LogP contribution in [0.1, 0.15) is 37.2 Å². The number of hydrazine groups is 1. The highest BCUT2D eigenvalue weighted by molar-refractivity contribution is 5.76. The van der Waals surface area contributed by atoms with Gasteiger partial charge in [0.1, 0.15) is 0 Å². The van der Waals surface area contributed by atoms with Gasteiger partial charge in [0, 0.05) is 57.3 Å². The first-order chi connectivity index (χ1) is 14.7. The van der Waals surface area contributed by atoms with Crippen molar-refractivity contribution in [3.8, 4) is 0 Å². The van der Waals surface area contributed by atoms with Crippen molar-refractivity contribution in [2.45, 2.75) is 37.6 Å². The first kappa shape index (κ1) is 20.9. The van der Waals surface area contributed by atoms with Crippen molar-refractivity contribution in [2.75, 3.05) is 38.1 Å². The minimum atomic E-state index is 0.309. The van der Waals surface area contributed by atoms with E-state index in [4.69, 9.17) is 0 Å². The highest BCUT2D eigenvalue weighted by Gasteiger charge is 2.37. The molecule has 0 aromatic heterocycles. The van der Waals surface area contributed by atoms with Gasteiger partial charge in [-0.05, 0) is 42.9 Å². The van der Waals surface area contributed by atoms with Gasteiger partial charge in [-0.2, -0.15) is 0 Å². The summed E-state index contributed by atoms with van der Waals surface area (Å²) >= 11 is 0. The van der Waals surface area contributed by atoms with Gasteiger partial charge in [-0.25, -0.2) is 0 Å². The molecule has 0 radical (unpaired) electrons. The zero-order valence-corrected chi connectivity index (χ0v) is 18.0. The molecule has 3 unspecified atom stereocenters. The Hall–Kier alpha value is -2.37. The number of hydrogen-bond acceptors (Lipinski definition) is 4. The van der Waals surface area contributed by atoms with Crippen LogP contribution >= 0.6 is 0 Å². The molecule has 2 aliphatic rings. The van der Waals surface area contributed by atoms with Crippen LogP contribution in [0.25, 0.3) is 0 Å². The van der Waals surface area contributed by atoms with E-state index in [1.54, 1.807) is 0 Å². The third kappa shape index (κ3) is 5.02. The monoisotopic (exact) mass is 406 g/mol. The van der Waals surface area contributed by atoms with Crippen LogP contribution in [-0.4, -0.2) is 50.1 Å². The maximum atomic E-state index is 12.9. The van der Waals surface area contributed by atoms with E-state index in [9.17, 15) is 4.79 Å². The van der Waals surface area contributed by atoms with Crippen LogP contribution in [0.4, 0.5) is 5.69 Å². The maximum Gasteiger partial charge on any atom is 0.222 e. The minimum Gasteiger partial charge on any atom is -0.375 e. The van der Waals surface area contributed by atoms with Crippen LogP contribution in [0, 0.1) is 5.92 Å². The summed E-state index contributed by atoms with van der Waals surface area (Å²) in [4.78, 5) is 17.2. The number of piperidine rings is 1. The second kappa shape index (κ2) is 10.1. The molecule has 2 N–H and O–H groups in total. The number of rotatable bonds is 7. The summed E-state index contributed by atoms with van der Waals surface area (Å²) in [7, 11) is 2.10. The van der Waals surface area contributed by atoms with E-state index in [-0.39, 0.29) is 0 Å². The van der Waals surface area contributed by atoms with Gasteiger partial charge in [-0.1, -0.05) is 48.5 Å². The number of hydrogen-bond donors (Lipinski definition) is 2. The van der Waals surface area contributed by atoms with E-state index in [2.05, 4.69) is 82.3 Å². The number of para-hydroxylation sites is 1. The molecule has 2 aromatic rings. The Morgan fingerprint density at radius 2 is 1.83 bits per heavy atom. The Kier molecular flexibility index (Phi) is 7.03. The molecule has 0 spiro atoms. The van der Waals surface area contributed by atoms with Gasteiger partial charge < -0.3 is 9.80 Å². The Balaban J connectivity index is 1.28. The quantitative estimate of drug-likeness (QED) is 0.740. The number of nitrogens with one attached hydrogen (secondary N) is 2. The van der Waals surface area contributed by atoms with E-state index in [0.717, 1.165) is 39.0 Å². The third-order valence-corrected chi connectivity index (χ3v) is 6.65. The fraction of sp³-hybridized carbons (Fsp3) is 0.480. The molecular formula is C25H34N4O. The van der Waals surface area contributed by atoms with Crippen LogP contribution in [-0.2, 0) is 4.79 Å². The fourth-order valence-corrected chi connectivity index (χ4v) is 4.95. The number of anilines is 1. The highest BCUT2D eigenvalue weighted by Crippen LogP contribution is 2.31. The van der Waals surface area contributed by atoms with Gasteiger partial charge in [0.2, 0.25) is 5.91 Å². The van der Waals surface area contributed by atoms with E-state index in [0.29, 0.717) is 30.2 Å². The van der Waals surface area contributed by atoms with Crippen molar-refractivity contribution in [3.63, 3.8) is 0 Å². The lowest BCUT2D eigenvalue weighted by molar-refractivity contribution is -0.133. The molecule has 2 fully saturated rings. The first-order valence-electron chi connectivity index (χ1n) is 11.3. The molecule has 2 aliphatic heterocycles. The van der Waals surface area contributed by atoms with Crippen LogP contribution in [0.5, 0.6) is 0 Å². The van der Waals surface area contributed by atoms with Gasteiger partial charge in [0.05, 0.1) is 0 Å². The van der Waals surface area contributed by atoms with Gasteiger partial charge in [-0.15, -0.1) is 0 Å². The second-order valence-corrected chi connectivity index (χ2v) is 8.67. The predicted molar refractivity (Wildman–Crippen MR) is 122 cm³/mol. The number of amides is 1. The summed E-state index contributed by atoms with van der Waals surface area (Å²) < 4.78 is 0. The van der Waals surface area contributed by atoms with Crippen molar-refractivity contribution in [1.29, 1.82) is 0 Å². The Morgan fingerprint density at radius 1 is 1.10 bits per heavy atom. The summed E-state index contributed by atoms with van der Waals surface area (Å²) in [6, 6.07) is 21.5. The third-order valence-electron chi connectivity index (χ3n) is 6.65. The van der Waals surface area contributed by atoms with E-state index >= 15 is 0 Å². The zero-order valence-electron chi connectivity index (χ0n) is 18.0. The van der Waals surface area contributed by atoms with Crippen molar-refractivity contribution < 1.29 is 4.79 Å². The average Bonchev–Trinajstić information content (AvgIpc) is 3.30. The first-order valence-corrected chi connectivity index (χ1v) is 11.3. The van der Waals surface area contributed by atoms with Crippen molar-refractivity contribution in [1.82, 2.24) is 15.8 Å². The SMILES string of the molecule is CN(CCCC(=O)N1CCCC(C2NNCC2c2ccccc2)C1)c1ccccc1. The molecule has 30 heavy (non-hydrogen) atoms. The van der Waals surface area contributed by atoms with Gasteiger partial charge in [-0.3, -0.25) is 15.6 Å². The topological polar surface area (TPSA) is 47.6 Å². The van der Waals surface area contributed by atoms with E-state index < -0.39 is 0 Å². The van der Waals surface area contributed by atoms with Crippen LogP contribution in [0.2, 0.25) is 0 Å². The number of nitrogens with zero attached hydrogens (tertiary/aromatic N) is 2. The predicted octanol–water partition coefficient (Wildman–Crippen LogP) is 3.40. The van der Waals surface area contributed by atoms with Crippen LogP contribution in [0.15, 0.2) is 60.7 Å². The number of carbonyl (C=O) groups is 1. The lowest BCUT2D eigenvalue weighted by Crippen LogP contribution is -2.48. The molecule has 2 aromatic carbocycles. The minimum absolute atomic E-state index is 0.309. The molecule has 2 saturated heterocycles. The summed E-state index contributed by atoms with van der Waals surface area (Å²) in [5.41, 5.74) is 9.47. The lowest BCUT2D eigenvalue weighted by Gasteiger charge is -2.37. The van der Waals surface area contributed by atoms with Crippen LogP contribution < -0.4 is 15.8 Å². The Bertz CT molecular complexity index is 797. The molecule has 5 nitrogen and oxygen atoms in total. The Labute approximate surface area is 180 Å². The van der Waals surface area contributed by atoms with E-state index in [1.165, 1.54) is 17.7 Å². The molecule has 2 heterocycles. The highest BCUT2D eigenvalue weighted by atomic mass is 16.2. The Morgan fingerprint density at radius 3 is 2.60 bits per heavy atom. The molecule has 0 saturated carbocycles. The van der Waals surface area contributed by atoms with Crippen molar-refractivity contribution in [2.24, 2.45) is 5.92 Å². The van der Waals surface area contributed by atoms with Gasteiger partial charge in [0.15, 0.2) is 0 Å². The summed E-state index contributed by atoms with van der Waals surface area (Å²) in [6.07, 6.45) is 3.80. The van der Waals surface area contributed by atoms with Crippen molar-refractivity contribution in [3.05, 3.63) is 66.2 Å². The normalized spacial score (nSPS) is 24.0. The maximum absolute atomic E-state index is 12.9. The molecule has 160 valence electrons. The molecule has 5 heteroatoms. The fourth-order valence-electron chi connectivity index (χ4n) is 4.95. The molecule has 1 amide bonds. The number of benzene rings is 2. The molecule has 3 atom stereocenters. The largest absolute Gasteiger partial charge is 0.375 e.